The van der Waals surface area contributed by atoms with Gasteiger partial charge in [0.25, 0.3) is 0 Å². The fourth-order valence-electron chi connectivity index (χ4n) is 5.49. The molecule has 0 radical (unpaired) electrons. The van der Waals surface area contributed by atoms with Gasteiger partial charge in [0.15, 0.2) is 0 Å². The molecule has 0 spiro atoms. The Balaban J connectivity index is 1.22. The van der Waals surface area contributed by atoms with E-state index < -0.39 is 0 Å². The van der Waals surface area contributed by atoms with Crippen molar-refractivity contribution in [3.8, 4) is 33.1 Å². The molecule has 0 aliphatic heterocycles. The molecule has 0 bridgehead atoms. The second-order valence-corrected chi connectivity index (χ2v) is 11.5. The number of fused-ring (bicyclic) bond motifs is 2. The molecule has 1 amide bonds. The van der Waals surface area contributed by atoms with Crippen LogP contribution in [-0.4, -0.2) is 36.0 Å². The van der Waals surface area contributed by atoms with Gasteiger partial charge in [0.1, 0.15) is 5.69 Å². The van der Waals surface area contributed by atoms with Gasteiger partial charge in [-0.15, -0.1) is 11.3 Å². The minimum absolute atomic E-state index is 0.0829. The Kier molecular flexibility index (Phi) is 5.93. The van der Waals surface area contributed by atoms with Gasteiger partial charge >= 0.3 is 0 Å². The Bertz CT molecular complexity index is 1830. The SMILES string of the molecule is Cc1ccc(-c2cncc3[nH]c(-c4n[nH]c5cnc(-c6cncc(NC(=O)C7CCCCC7)c6)cc45)cc23)s1. The highest BCUT2D eigenvalue weighted by Crippen LogP contribution is 2.36. The predicted molar refractivity (Wildman–Crippen MR) is 155 cm³/mol. The summed E-state index contributed by atoms with van der Waals surface area (Å²) in [6.45, 7) is 2.11. The fraction of sp³-hybridized carbons (Fsp3) is 0.233. The van der Waals surface area contributed by atoms with E-state index in [4.69, 9.17) is 0 Å². The van der Waals surface area contributed by atoms with Gasteiger partial charge in [-0.2, -0.15) is 5.10 Å². The Hall–Kier alpha value is -4.37. The average molecular weight is 534 g/mol. The first-order valence-corrected chi connectivity index (χ1v) is 14.1. The first kappa shape index (κ1) is 23.7. The van der Waals surface area contributed by atoms with E-state index in [0.29, 0.717) is 5.69 Å². The lowest BCUT2D eigenvalue weighted by atomic mass is 9.88. The maximum absolute atomic E-state index is 12.8. The molecule has 39 heavy (non-hydrogen) atoms. The lowest BCUT2D eigenvalue weighted by Gasteiger charge is -2.20. The highest BCUT2D eigenvalue weighted by Gasteiger charge is 2.21. The molecule has 1 fully saturated rings. The summed E-state index contributed by atoms with van der Waals surface area (Å²) in [5.41, 5.74) is 6.92. The third-order valence-electron chi connectivity index (χ3n) is 7.53. The van der Waals surface area contributed by atoms with Crippen LogP contribution in [0.3, 0.4) is 0 Å². The second-order valence-electron chi connectivity index (χ2n) is 10.2. The van der Waals surface area contributed by atoms with Gasteiger partial charge in [-0.1, -0.05) is 19.3 Å². The third-order valence-corrected chi connectivity index (χ3v) is 8.57. The van der Waals surface area contributed by atoms with E-state index in [2.05, 4.69) is 60.6 Å². The number of H-pyrrole nitrogens is 2. The summed E-state index contributed by atoms with van der Waals surface area (Å²) in [6, 6.07) is 10.4. The summed E-state index contributed by atoms with van der Waals surface area (Å²) < 4.78 is 0. The third kappa shape index (κ3) is 4.48. The van der Waals surface area contributed by atoms with Crippen molar-refractivity contribution in [2.75, 3.05) is 5.32 Å². The number of amides is 1. The molecule has 6 aromatic heterocycles. The Labute approximate surface area is 228 Å². The van der Waals surface area contributed by atoms with Crippen molar-refractivity contribution in [1.82, 2.24) is 30.1 Å². The molecular weight excluding hydrogens is 506 g/mol. The van der Waals surface area contributed by atoms with E-state index in [9.17, 15) is 4.79 Å². The molecule has 1 aliphatic rings. The molecular formula is C30H27N7OS. The van der Waals surface area contributed by atoms with Crippen LogP contribution in [0.15, 0.2) is 61.3 Å². The highest BCUT2D eigenvalue weighted by atomic mass is 32.1. The molecule has 9 heteroatoms. The van der Waals surface area contributed by atoms with Gasteiger partial charge < -0.3 is 10.3 Å². The predicted octanol–water partition coefficient (Wildman–Crippen LogP) is 7.12. The van der Waals surface area contributed by atoms with Gasteiger partial charge in [-0.25, -0.2) is 0 Å². The summed E-state index contributed by atoms with van der Waals surface area (Å²) in [6.07, 6.45) is 14.4. The molecule has 194 valence electrons. The number of hydrogen-bond donors (Lipinski definition) is 3. The number of rotatable bonds is 5. The molecule has 0 atom stereocenters. The summed E-state index contributed by atoms with van der Waals surface area (Å²) in [7, 11) is 0. The fourth-order valence-corrected chi connectivity index (χ4v) is 6.38. The number of nitrogens with zero attached hydrogens (tertiary/aromatic N) is 4. The first-order chi connectivity index (χ1) is 19.1. The maximum atomic E-state index is 12.8. The molecule has 7 rings (SSSR count). The van der Waals surface area contributed by atoms with Gasteiger partial charge in [-0.3, -0.25) is 24.8 Å². The lowest BCUT2D eigenvalue weighted by Crippen LogP contribution is -2.24. The number of anilines is 1. The summed E-state index contributed by atoms with van der Waals surface area (Å²) >= 11 is 1.76. The largest absolute Gasteiger partial charge is 0.352 e. The van der Waals surface area contributed by atoms with Crippen LogP contribution in [0.2, 0.25) is 0 Å². The molecule has 0 saturated heterocycles. The van der Waals surface area contributed by atoms with Crippen molar-refractivity contribution in [3.63, 3.8) is 0 Å². The van der Waals surface area contributed by atoms with Gasteiger partial charge in [0, 0.05) is 50.0 Å². The Morgan fingerprint density at radius 2 is 1.82 bits per heavy atom. The number of aromatic nitrogens is 6. The van der Waals surface area contributed by atoms with Crippen molar-refractivity contribution in [1.29, 1.82) is 0 Å². The van der Waals surface area contributed by atoms with Gasteiger partial charge in [-0.05, 0) is 50.1 Å². The lowest BCUT2D eigenvalue weighted by molar-refractivity contribution is -0.120. The zero-order valence-corrected chi connectivity index (χ0v) is 22.3. The second kappa shape index (κ2) is 9.74. The topological polar surface area (TPSA) is 112 Å². The summed E-state index contributed by atoms with van der Waals surface area (Å²) in [4.78, 5) is 32.2. The van der Waals surface area contributed by atoms with Crippen LogP contribution in [0.4, 0.5) is 5.69 Å². The summed E-state index contributed by atoms with van der Waals surface area (Å²) in [5.74, 6) is 0.167. The zero-order chi connectivity index (χ0) is 26.3. The van der Waals surface area contributed by atoms with Gasteiger partial charge in [0.2, 0.25) is 5.91 Å². The molecule has 0 unspecified atom stereocenters. The first-order valence-electron chi connectivity index (χ1n) is 13.3. The summed E-state index contributed by atoms with van der Waals surface area (Å²) in [5, 5.41) is 12.9. The van der Waals surface area contributed by atoms with E-state index in [1.807, 2.05) is 24.5 Å². The van der Waals surface area contributed by atoms with E-state index in [1.54, 1.807) is 29.9 Å². The Morgan fingerprint density at radius 3 is 2.67 bits per heavy atom. The van der Waals surface area contributed by atoms with Crippen LogP contribution in [-0.2, 0) is 4.79 Å². The minimum atomic E-state index is 0.0829. The van der Waals surface area contributed by atoms with Crippen LogP contribution in [0.1, 0.15) is 37.0 Å². The van der Waals surface area contributed by atoms with Crippen LogP contribution in [0.25, 0.3) is 54.9 Å². The van der Waals surface area contributed by atoms with E-state index in [1.165, 1.54) is 16.2 Å². The van der Waals surface area contributed by atoms with Crippen LogP contribution >= 0.6 is 11.3 Å². The molecule has 8 nitrogen and oxygen atoms in total. The van der Waals surface area contributed by atoms with Crippen molar-refractivity contribution in [2.24, 2.45) is 5.92 Å². The van der Waals surface area contributed by atoms with E-state index in [-0.39, 0.29) is 11.8 Å². The smallest absolute Gasteiger partial charge is 0.227 e. The highest BCUT2D eigenvalue weighted by molar-refractivity contribution is 7.15. The number of aromatic amines is 2. The van der Waals surface area contributed by atoms with Crippen molar-refractivity contribution < 1.29 is 4.79 Å². The van der Waals surface area contributed by atoms with Crippen molar-refractivity contribution in [2.45, 2.75) is 39.0 Å². The minimum Gasteiger partial charge on any atom is -0.352 e. The standard InChI is InChI=1S/C30H27N7OS/c1-17-7-8-28(39-17)23-14-32-15-26-21(23)10-25(35-26)29-22-11-24(33-16-27(22)36-37-29)19-9-20(13-31-12-19)34-30(38)18-5-3-2-4-6-18/h7-16,18,35H,2-6H2,1H3,(H,34,38)(H,36,37). The number of aryl methyl sites for hydroxylation is 1. The molecule has 6 heterocycles. The molecule has 1 aliphatic carbocycles. The van der Waals surface area contributed by atoms with Gasteiger partial charge in [0.05, 0.1) is 46.7 Å². The van der Waals surface area contributed by atoms with Crippen molar-refractivity contribution in [3.05, 3.63) is 66.2 Å². The maximum Gasteiger partial charge on any atom is 0.227 e. The molecule has 0 aromatic carbocycles. The zero-order valence-electron chi connectivity index (χ0n) is 21.5. The normalized spacial score (nSPS) is 14.3. The number of nitrogens with one attached hydrogen (secondary N) is 3. The number of carbonyl (C=O) groups is 1. The van der Waals surface area contributed by atoms with Crippen LogP contribution in [0, 0.1) is 12.8 Å². The average Bonchev–Trinajstić information content (AvgIpc) is 3.71. The Morgan fingerprint density at radius 1 is 0.949 bits per heavy atom. The monoisotopic (exact) mass is 533 g/mol. The van der Waals surface area contributed by atoms with Crippen LogP contribution < -0.4 is 5.32 Å². The van der Waals surface area contributed by atoms with Crippen LogP contribution in [0.5, 0.6) is 0 Å². The van der Waals surface area contributed by atoms with E-state index >= 15 is 0 Å². The van der Waals surface area contributed by atoms with E-state index in [0.717, 1.165) is 75.7 Å². The molecule has 3 N–H and O–H groups in total. The number of carbonyl (C=O) groups excluding carboxylic acids is 1. The number of pyridine rings is 3. The van der Waals surface area contributed by atoms with Crippen molar-refractivity contribution >= 4 is 44.7 Å². The molecule has 6 aromatic rings. The quantitative estimate of drug-likeness (QED) is 0.218. The number of hydrogen-bond acceptors (Lipinski definition) is 6. The molecule has 1 saturated carbocycles. The number of thiophene rings is 1.